The van der Waals surface area contributed by atoms with Crippen LogP contribution in [0.1, 0.15) is 42.2 Å². The highest BCUT2D eigenvalue weighted by Crippen LogP contribution is 2.27. The molecule has 6 heteroatoms. The van der Waals surface area contributed by atoms with Gasteiger partial charge in [0.15, 0.2) is 5.69 Å². The van der Waals surface area contributed by atoms with Crippen LogP contribution in [0.25, 0.3) is 0 Å². The van der Waals surface area contributed by atoms with Crippen LogP contribution in [0.15, 0.2) is 6.20 Å². The van der Waals surface area contributed by atoms with E-state index in [0.29, 0.717) is 0 Å². The minimum atomic E-state index is -0.503. The number of methoxy groups -OCH3 is 1. The number of aliphatic hydroxyl groups is 1. The molecule has 1 heterocycles. The van der Waals surface area contributed by atoms with Crippen LogP contribution >= 0.6 is 0 Å². The fraction of sp³-hybridized carbons (Fsp3) is 0.700. The van der Waals surface area contributed by atoms with E-state index >= 15 is 0 Å². The van der Waals surface area contributed by atoms with Crippen LogP contribution in [-0.2, 0) is 4.74 Å². The number of aromatic nitrogens is 3. The number of esters is 1. The molecule has 2 rings (SSSR count). The Hall–Kier alpha value is -1.43. The molecule has 0 spiro atoms. The molecule has 2 atom stereocenters. The Kier molecular flexibility index (Phi) is 3.19. The number of hydrogen-bond donors (Lipinski definition) is 1. The van der Waals surface area contributed by atoms with Gasteiger partial charge in [-0.1, -0.05) is 18.1 Å². The van der Waals surface area contributed by atoms with Crippen molar-refractivity contribution in [2.45, 2.75) is 37.8 Å². The van der Waals surface area contributed by atoms with E-state index in [4.69, 9.17) is 0 Å². The van der Waals surface area contributed by atoms with Crippen molar-refractivity contribution >= 4 is 5.97 Å². The van der Waals surface area contributed by atoms with Gasteiger partial charge in [0.1, 0.15) is 0 Å². The van der Waals surface area contributed by atoms with Gasteiger partial charge in [-0.2, -0.15) is 0 Å². The van der Waals surface area contributed by atoms with Crippen molar-refractivity contribution in [1.29, 1.82) is 0 Å². The molecule has 88 valence electrons. The molecule has 0 bridgehead atoms. The zero-order chi connectivity index (χ0) is 11.5. The average molecular weight is 225 g/mol. The third-order valence-electron chi connectivity index (χ3n) is 2.94. The van der Waals surface area contributed by atoms with Gasteiger partial charge in [-0.05, 0) is 12.8 Å². The first kappa shape index (κ1) is 11.1. The van der Waals surface area contributed by atoms with Gasteiger partial charge in [0.05, 0.1) is 25.5 Å². The molecule has 1 saturated carbocycles. The zero-order valence-corrected chi connectivity index (χ0v) is 9.17. The van der Waals surface area contributed by atoms with Gasteiger partial charge in [0.2, 0.25) is 0 Å². The van der Waals surface area contributed by atoms with Crippen molar-refractivity contribution in [3.63, 3.8) is 0 Å². The van der Waals surface area contributed by atoms with Gasteiger partial charge in [0, 0.05) is 0 Å². The smallest absolute Gasteiger partial charge is 0.360 e. The van der Waals surface area contributed by atoms with Gasteiger partial charge >= 0.3 is 5.97 Å². The molecular formula is C10H15N3O3. The highest BCUT2D eigenvalue weighted by atomic mass is 16.5. The Labute approximate surface area is 93.2 Å². The summed E-state index contributed by atoms with van der Waals surface area (Å²) < 4.78 is 6.11. The van der Waals surface area contributed by atoms with Gasteiger partial charge < -0.3 is 9.84 Å². The summed E-state index contributed by atoms with van der Waals surface area (Å²) in [6, 6.07) is -0.0698. The van der Waals surface area contributed by atoms with E-state index in [0.717, 1.165) is 25.7 Å². The molecule has 1 aliphatic rings. The van der Waals surface area contributed by atoms with Gasteiger partial charge in [-0.3, -0.25) is 0 Å². The van der Waals surface area contributed by atoms with E-state index in [2.05, 4.69) is 15.0 Å². The number of rotatable bonds is 2. The lowest BCUT2D eigenvalue weighted by Gasteiger charge is -2.26. The maximum Gasteiger partial charge on any atom is 0.360 e. The van der Waals surface area contributed by atoms with Gasteiger partial charge in [-0.15, -0.1) is 5.10 Å². The molecule has 0 aliphatic heterocycles. The Morgan fingerprint density at radius 1 is 1.56 bits per heavy atom. The Morgan fingerprint density at radius 2 is 2.31 bits per heavy atom. The first-order valence-corrected chi connectivity index (χ1v) is 5.40. The second-order valence-electron chi connectivity index (χ2n) is 3.99. The molecule has 1 aromatic rings. The summed E-state index contributed by atoms with van der Waals surface area (Å²) in [4.78, 5) is 11.2. The molecule has 0 saturated heterocycles. The topological polar surface area (TPSA) is 77.2 Å². The monoisotopic (exact) mass is 225 g/mol. The molecule has 0 unspecified atom stereocenters. The summed E-state index contributed by atoms with van der Waals surface area (Å²) in [5.74, 6) is -0.503. The maximum atomic E-state index is 11.2. The van der Waals surface area contributed by atoms with E-state index in [1.165, 1.54) is 13.3 Å². The van der Waals surface area contributed by atoms with Gasteiger partial charge in [-0.25, -0.2) is 9.48 Å². The summed E-state index contributed by atoms with van der Waals surface area (Å²) in [5.41, 5.74) is 0.181. The van der Waals surface area contributed by atoms with Crippen molar-refractivity contribution in [2.75, 3.05) is 7.11 Å². The van der Waals surface area contributed by atoms with Gasteiger partial charge in [0.25, 0.3) is 0 Å². The number of hydrogen-bond acceptors (Lipinski definition) is 5. The standard InChI is InChI=1S/C10H15N3O3/c1-16-10(15)7-6-13(12-11-7)8-4-2-3-5-9(8)14/h6,8-9,14H,2-5H2,1H3/t8-,9-/m1/s1. The second kappa shape index (κ2) is 4.61. The normalized spacial score (nSPS) is 25.4. The third kappa shape index (κ3) is 2.06. The summed E-state index contributed by atoms with van der Waals surface area (Å²) in [6.45, 7) is 0. The van der Waals surface area contributed by atoms with Crippen LogP contribution in [-0.4, -0.2) is 39.3 Å². The molecule has 1 aliphatic carbocycles. The summed E-state index contributed by atoms with van der Waals surface area (Å²) >= 11 is 0. The first-order chi connectivity index (χ1) is 7.72. The molecule has 1 fully saturated rings. The Bertz CT molecular complexity index is 377. The van der Waals surface area contributed by atoms with E-state index in [9.17, 15) is 9.90 Å². The fourth-order valence-corrected chi connectivity index (χ4v) is 2.04. The van der Waals surface area contributed by atoms with Crippen LogP contribution in [0.5, 0.6) is 0 Å². The first-order valence-electron chi connectivity index (χ1n) is 5.40. The molecule has 1 N–H and O–H groups in total. The molecule has 0 radical (unpaired) electrons. The van der Waals surface area contributed by atoms with Crippen molar-refractivity contribution in [3.05, 3.63) is 11.9 Å². The fourth-order valence-electron chi connectivity index (χ4n) is 2.04. The van der Waals surface area contributed by atoms with E-state index in [1.54, 1.807) is 4.68 Å². The molecule has 0 aromatic carbocycles. The van der Waals surface area contributed by atoms with Crippen molar-refractivity contribution in [3.8, 4) is 0 Å². The highest BCUT2D eigenvalue weighted by molar-refractivity contribution is 5.86. The van der Waals surface area contributed by atoms with Crippen molar-refractivity contribution in [1.82, 2.24) is 15.0 Å². The summed E-state index contributed by atoms with van der Waals surface area (Å²) in [5, 5.41) is 17.4. The largest absolute Gasteiger partial charge is 0.464 e. The van der Waals surface area contributed by atoms with E-state index < -0.39 is 12.1 Å². The van der Waals surface area contributed by atoms with Crippen LogP contribution in [0.4, 0.5) is 0 Å². The van der Waals surface area contributed by atoms with E-state index in [1.807, 2.05) is 0 Å². The van der Waals surface area contributed by atoms with Crippen molar-refractivity contribution < 1.29 is 14.6 Å². The molecule has 16 heavy (non-hydrogen) atoms. The lowest BCUT2D eigenvalue weighted by atomic mass is 9.93. The lowest BCUT2D eigenvalue weighted by Crippen LogP contribution is -2.27. The predicted octanol–water partition coefficient (Wildman–Crippen LogP) is 0.541. The van der Waals surface area contributed by atoms with Crippen LogP contribution in [0.2, 0.25) is 0 Å². The van der Waals surface area contributed by atoms with Crippen LogP contribution in [0.3, 0.4) is 0 Å². The highest BCUT2D eigenvalue weighted by Gasteiger charge is 2.26. The number of ether oxygens (including phenoxy) is 1. The summed E-state index contributed by atoms with van der Waals surface area (Å²) in [7, 11) is 1.30. The average Bonchev–Trinajstić information content (AvgIpc) is 2.78. The van der Waals surface area contributed by atoms with E-state index in [-0.39, 0.29) is 11.7 Å². The number of aliphatic hydroxyl groups excluding tert-OH is 1. The lowest BCUT2D eigenvalue weighted by molar-refractivity contribution is 0.0591. The maximum absolute atomic E-state index is 11.2. The second-order valence-corrected chi connectivity index (χ2v) is 3.99. The molecule has 1 aromatic heterocycles. The van der Waals surface area contributed by atoms with Crippen molar-refractivity contribution in [2.24, 2.45) is 0 Å². The third-order valence-corrected chi connectivity index (χ3v) is 2.94. The minimum Gasteiger partial charge on any atom is -0.464 e. The number of carbonyl (C=O) groups is 1. The minimum absolute atomic E-state index is 0.0698. The Morgan fingerprint density at radius 3 is 3.00 bits per heavy atom. The predicted molar refractivity (Wildman–Crippen MR) is 54.9 cm³/mol. The van der Waals surface area contributed by atoms with Crippen LogP contribution in [0, 0.1) is 0 Å². The summed E-state index contributed by atoms with van der Waals surface area (Å²) in [6.07, 6.45) is 4.88. The quantitative estimate of drug-likeness (QED) is 0.743. The SMILES string of the molecule is COC(=O)c1cn([C@@H]2CCCC[C@H]2O)nn1. The Balaban J connectivity index is 2.14. The number of nitrogens with zero attached hydrogens (tertiary/aromatic N) is 3. The molecular weight excluding hydrogens is 210 g/mol. The number of carbonyl (C=O) groups excluding carboxylic acids is 1. The zero-order valence-electron chi connectivity index (χ0n) is 9.17. The molecule has 0 amide bonds. The van der Waals surface area contributed by atoms with Crippen LogP contribution < -0.4 is 0 Å². The molecule has 6 nitrogen and oxygen atoms in total.